The van der Waals surface area contributed by atoms with Gasteiger partial charge in [0, 0.05) is 37.7 Å². The summed E-state index contributed by atoms with van der Waals surface area (Å²) in [6, 6.07) is 10.3. The molecule has 0 saturated carbocycles. The molecule has 0 amide bonds. The van der Waals surface area contributed by atoms with Gasteiger partial charge < -0.3 is 4.90 Å². The van der Waals surface area contributed by atoms with E-state index in [2.05, 4.69) is 4.98 Å². The lowest BCUT2D eigenvalue weighted by Gasteiger charge is -2.19. The molecule has 1 heterocycles. The van der Waals surface area contributed by atoms with Gasteiger partial charge in [0.1, 0.15) is 11.6 Å². The summed E-state index contributed by atoms with van der Waals surface area (Å²) in [5, 5.41) is 19.8. The van der Waals surface area contributed by atoms with Crippen LogP contribution in [0.4, 0.5) is 11.4 Å². The Labute approximate surface area is 122 Å². The quantitative estimate of drug-likeness (QED) is 0.621. The minimum atomic E-state index is -0.542. The van der Waals surface area contributed by atoms with E-state index in [0.29, 0.717) is 0 Å². The van der Waals surface area contributed by atoms with E-state index in [-0.39, 0.29) is 11.3 Å². The maximum atomic E-state index is 10.8. The van der Waals surface area contributed by atoms with Crippen LogP contribution in [0.15, 0.2) is 42.7 Å². The largest absolute Gasteiger partial charge is 0.374 e. The summed E-state index contributed by atoms with van der Waals surface area (Å²) in [7, 11) is 1.89. The van der Waals surface area contributed by atoms with E-state index in [0.717, 1.165) is 18.7 Å². The van der Waals surface area contributed by atoms with Gasteiger partial charge in [0.25, 0.3) is 5.69 Å². The van der Waals surface area contributed by atoms with Crippen LogP contribution >= 0.6 is 0 Å². The number of likely N-dealkylation sites (N-methyl/N-ethyl adjacent to an activating group) is 1. The number of benzene rings is 1. The molecule has 0 atom stereocenters. The molecule has 2 aromatic rings. The second kappa shape index (κ2) is 6.48. The molecule has 0 fully saturated rings. The van der Waals surface area contributed by atoms with Crippen molar-refractivity contribution in [2.24, 2.45) is 0 Å². The average Bonchev–Trinajstić information content (AvgIpc) is 2.52. The van der Waals surface area contributed by atoms with Crippen LogP contribution in [0.5, 0.6) is 0 Å². The maximum absolute atomic E-state index is 10.8. The maximum Gasteiger partial charge on any atom is 0.287 e. The first-order valence-electron chi connectivity index (χ1n) is 6.40. The second-order valence-electron chi connectivity index (χ2n) is 4.60. The van der Waals surface area contributed by atoms with Crippen LogP contribution in [0.3, 0.4) is 0 Å². The number of rotatable bonds is 5. The molecule has 0 bridgehead atoms. The fourth-order valence-electron chi connectivity index (χ4n) is 1.99. The van der Waals surface area contributed by atoms with Crippen molar-refractivity contribution in [2.45, 2.75) is 6.42 Å². The van der Waals surface area contributed by atoms with E-state index in [1.807, 2.05) is 30.1 Å². The molecule has 1 aromatic carbocycles. The monoisotopic (exact) mass is 282 g/mol. The Morgan fingerprint density at radius 3 is 2.67 bits per heavy atom. The SMILES string of the molecule is CN(CCc1ccncc1)c1ccc([N+](=O)[O-])c(C#N)c1. The van der Waals surface area contributed by atoms with Crippen LogP contribution in [0.25, 0.3) is 0 Å². The molecule has 0 spiro atoms. The fraction of sp³-hybridized carbons (Fsp3) is 0.200. The smallest absolute Gasteiger partial charge is 0.287 e. The number of anilines is 1. The zero-order valence-electron chi connectivity index (χ0n) is 11.6. The lowest BCUT2D eigenvalue weighted by molar-refractivity contribution is -0.385. The highest BCUT2D eigenvalue weighted by Crippen LogP contribution is 2.23. The van der Waals surface area contributed by atoms with Crippen LogP contribution in [0.1, 0.15) is 11.1 Å². The van der Waals surface area contributed by atoms with Crippen molar-refractivity contribution in [2.75, 3.05) is 18.5 Å². The van der Waals surface area contributed by atoms with Crippen LogP contribution in [0, 0.1) is 21.4 Å². The fourth-order valence-corrected chi connectivity index (χ4v) is 1.99. The molecule has 6 heteroatoms. The Morgan fingerprint density at radius 2 is 2.05 bits per heavy atom. The number of aromatic nitrogens is 1. The number of nitro groups is 1. The standard InChI is InChI=1S/C15H14N4O2/c1-18(9-6-12-4-7-17-8-5-12)14-2-3-15(19(20)21)13(10-14)11-16/h2-5,7-8,10H,6,9H2,1H3. The highest BCUT2D eigenvalue weighted by Gasteiger charge is 2.15. The minimum Gasteiger partial charge on any atom is -0.374 e. The number of nitro benzene ring substituents is 1. The summed E-state index contributed by atoms with van der Waals surface area (Å²) in [5.74, 6) is 0. The molecule has 0 unspecified atom stereocenters. The van der Waals surface area contributed by atoms with Crippen molar-refractivity contribution in [1.29, 1.82) is 5.26 Å². The second-order valence-corrected chi connectivity index (χ2v) is 4.60. The molecule has 0 N–H and O–H groups in total. The van der Waals surface area contributed by atoms with Gasteiger partial charge >= 0.3 is 0 Å². The van der Waals surface area contributed by atoms with Crippen molar-refractivity contribution < 1.29 is 4.92 Å². The van der Waals surface area contributed by atoms with Gasteiger partial charge in [-0.05, 0) is 36.2 Å². The molecular formula is C15H14N4O2. The zero-order chi connectivity index (χ0) is 15.2. The molecule has 1 aromatic heterocycles. The van der Waals surface area contributed by atoms with E-state index >= 15 is 0 Å². The lowest BCUT2D eigenvalue weighted by Crippen LogP contribution is -2.20. The van der Waals surface area contributed by atoms with Gasteiger partial charge in [0.2, 0.25) is 0 Å². The first-order valence-corrected chi connectivity index (χ1v) is 6.40. The van der Waals surface area contributed by atoms with Crippen LogP contribution < -0.4 is 4.90 Å². The van der Waals surface area contributed by atoms with E-state index in [4.69, 9.17) is 5.26 Å². The first-order chi connectivity index (χ1) is 10.1. The van der Waals surface area contributed by atoms with Gasteiger partial charge in [-0.15, -0.1) is 0 Å². The van der Waals surface area contributed by atoms with Crippen molar-refractivity contribution in [1.82, 2.24) is 4.98 Å². The first kappa shape index (κ1) is 14.5. The molecule has 21 heavy (non-hydrogen) atoms. The Hall–Kier alpha value is -2.94. The summed E-state index contributed by atoms with van der Waals surface area (Å²) in [4.78, 5) is 16.2. The van der Waals surface area contributed by atoms with Crippen LogP contribution in [-0.4, -0.2) is 23.5 Å². The summed E-state index contributed by atoms with van der Waals surface area (Å²) >= 11 is 0. The normalized spacial score (nSPS) is 9.90. The minimum absolute atomic E-state index is 0.0771. The van der Waals surface area contributed by atoms with Crippen molar-refractivity contribution in [3.8, 4) is 6.07 Å². The molecule has 0 aliphatic carbocycles. The van der Waals surface area contributed by atoms with E-state index < -0.39 is 4.92 Å². The molecular weight excluding hydrogens is 268 g/mol. The molecule has 6 nitrogen and oxygen atoms in total. The average molecular weight is 282 g/mol. The Balaban J connectivity index is 2.11. The highest BCUT2D eigenvalue weighted by atomic mass is 16.6. The number of nitrogens with zero attached hydrogens (tertiary/aromatic N) is 4. The topological polar surface area (TPSA) is 83.1 Å². The van der Waals surface area contributed by atoms with E-state index in [1.165, 1.54) is 11.6 Å². The molecule has 0 aliphatic heterocycles. The van der Waals surface area contributed by atoms with Crippen molar-refractivity contribution >= 4 is 11.4 Å². The van der Waals surface area contributed by atoms with Gasteiger partial charge in [0.15, 0.2) is 0 Å². The van der Waals surface area contributed by atoms with Gasteiger partial charge in [-0.1, -0.05) is 0 Å². The van der Waals surface area contributed by atoms with Crippen molar-refractivity contribution in [3.63, 3.8) is 0 Å². The summed E-state index contributed by atoms with van der Waals surface area (Å²) in [5.41, 5.74) is 1.86. The number of nitriles is 1. The van der Waals surface area contributed by atoms with Crippen LogP contribution in [0.2, 0.25) is 0 Å². The molecule has 0 aliphatic rings. The molecule has 2 rings (SSSR count). The van der Waals surface area contributed by atoms with E-state index in [9.17, 15) is 10.1 Å². The third-order valence-corrected chi connectivity index (χ3v) is 3.22. The molecule has 0 saturated heterocycles. The Bertz CT molecular complexity index is 680. The Morgan fingerprint density at radius 1 is 1.33 bits per heavy atom. The number of pyridine rings is 1. The zero-order valence-corrected chi connectivity index (χ0v) is 11.6. The number of hydrogen-bond donors (Lipinski definition) is 0. The van der Waals surface area contributed by atoms with Gasteiger partial charge in [-0.2, -0.15) is 5.26 Å². The molecule has 106 valence electrons. The third-order valence-electron chi connectivity index (χ3n) is 3.22. The van der Waals surface area contributed by atoms with Gasteiger partial charge in [-0.3, -0.25) is 15.1 Å². The predicted molar refractivity (Wildman–Crippen MR) is 79.0 cm³/mol. The lowest BCUT2D eigenvalue weighted by atomic mass is 10.1. The van der Waals surface area contributed by atoms with Crippen LogP contribution in [-0.2, 0) is 6.42 Å². The van der Waals surface area contributed by atoms with E-state index in [1.54, 1.807) is 24.5 Å². The van der Waals surface area contributed by atoms with Gasteiger partial charge in [-0.25, -0.2) is 0 Å². The number of hydrogen-bond acceptors (Lipinski definition) is 5. The Kier molecular flexibility index (Phi) is 4.46. The van der Waals surface area contributed by atoms with Gasteiger partial charge in [0.05, 0.1) is 4.92 Å². The third kappa shape index (κ3) is 3.54. The molecule has 0 radical (unpaired) electrons. The summed E-state index contributed by atoms with van der Waals surface area (Å²) < 4.78 is 0. The summed E-state index contributed by atoms with van der Waals surface area (Å²) in [6.45, 7) is 0.743. The highest BCUT2D eigenvalue weighted by molar-refractivity contribution is 5.59. The summed E-state index contributed by atoms with van der Waals surface area (Å²) in [6.07, 6.45) is 4.32. The predicted octanol–water partition coefficient (Wildman–Crippen LogP) is 2.54. The van der Waals surface area contributed by atoms with Crippen molar-refractivity contribution in [3.05, 3.63) is 64.0 Å².